The van der Waals surface area contributed by atoms with Gasteiger partial charge in [0, 0.05) is 0 Å². The Morgan fingerprint density at radius 1 is 1.33 bits per heavy atom. The molecule has 1 unspecified atom stereocenters. The van der Waals surface area contributed by atoms with Crippen molar-refractivity contribution in [2.75, 3.05) is 0 Å². The minimum Gasteiger partial charge on any atom is -0.393 e. The van der Waals surface area contributed by atoms with E-state index in [1.54, 1.807) is 0 Å². The minimum absolute atomic E-state index is 0.719. The van der Waals surface area contributed by atoms with Crippen LogP contribution in [0.5, 0.6) is 0 Å². The Bertz CT molecular complexity index is 271. The van der Waals surface area contributed by atoms with E-state index in [1.807, 2.05) is 0 Å². The predicted molar refractivity (Wildman–Crippen MR) is 36.6 cm³/mol. The minimum atomic E-state index is -4.63. The number of carbonyl (C=O) groups is 1. The molecule has 8 heteroatoms. The van der Waals surface area contributed by atoms with E-state index in [0.29, 0.717) is 0 Å². The molecule has 0 aliphatic heterocycles. The predicted octanol–water partition coefficient (Wildman–Crippen LogP) is 2.95. The normalized spacial score (nSPS) is 13.3. The number of carbonyl (C=O) groups excluding carboxylic acids is 1. The molecule has 0 aliphatic carbocycles. The second-order valence-electron chi connectivity index (χ2n) is 2.40. The molecular formula is C7H6F6O2. The van der Waals surface area contributed by atoms with E-state index in [-0.39, 0.29) is 0 Å². The van der Waals surface area contributed by atoms with Gasteiger partial charge in [-0.15, -0.1) is 0 Å². The fourth-order valence-electron chi connectivity index (χ4n) is 0.547. The summed E-state index contributed by atoms with van der Waals surface area (Å²) >= 11 is 0. The van der Waals surface area contributed by atoms with Crippen LogP contribution >= 0.6 is 0 Å². The highest BCUT2D eigenvalue weighted by Gasteiger charge is 2.44. The molecule has 0 N–H and O–H groups in total. The van der Waals surface area contributed by atoms with E-state index in [0.717, 1.165) is 6.92 Å². The van der Waals surface area contributed by atoms with Gasteiger partial charge in [-0.1, -0.05) is 6.92 Å². The Morgan fingerprint density at radius 3 is 2.13 bits per heavy atom. The second kappa shape index (κ2) is 5.04. The summed E-state index contributed by atoms with van der Waals surface area (Å²) in [5, 5.41) is 0. The van der Waals surface area contributed by atoms with Crippen LogP contribution in [-0.4, -0.2) is 18.2 Å². The maximum atomic E-state index is 12.4. The summed E-state index contributed by atoms with van der Waals surface area (Å²) in [5.41, 5.74) is 0. The second-order valence-corrected chi connectivity index (χ2v) is 2.40. The fraction of sp³-hybridized carbons (Fsp3) is 0.571. The number of alkyl halides is 3. The highest BCUT2D eigenvalue weighted by atomic mass is 19.3. The fourth-order valence-corrected chi connectivity index (χ4v) is 0.547. The topological polar surface area (TPSA) is 26.3 Å². The van der Waals surface area contributed by atoms with Crippen molar-refractivity contribution in [1.82, 2.24) is 0 Å². The van der Waals surface area contributed by atoms with Crippen molar-refractivity contribution in [3.05, 3.63) is 11.9 Å². The molecule has 0 spiro atoms. The average Bonchev–Trinajstić information content (AvgIpc) is 2.14. The molecule has 15 heavy (non-hydrogen) atoms. The third-order valence-corrected chi connectivity index (χ3v) is 1.30. The summed E-state index contributed by atoms with van der Waals surface area (Å²) in [6.45, 7) is 1.01. The highest BCUT2D eigenvalue weighted by Crippen LogP contribution is 2.27. The van der Waals surface area contributed by atoms with E-state index in [4.69, 9.17) is 0 Å². The Hall–Kier alpha value is -1.21. The molecule has 0 aliphatic rings. The van der Waals surface area contributed by atoms with Crippen LogP contribution in [0.3, 0.4) is 0 Å². The molecule has 0 bridgehead atoms. The first kappa shape index (κ1) is 13.8. The number of hydrogen-bond acceptors (Lipinski definition) is 2. The molecule has 0 amide bonds. The molecule has 0 fully saturated rings. The zero-order valence-corrected chi connectivity index (χ0v) is 7.37. The lowest BCUT2D eigenvalue weighted by molar-refractivity contribution is -0.259. The van der Waals surface area contributed by atoms with Crippen LogP contribution < -0.4 is 0 Å². The van der Waals surface area contributed by atoms with Crippen molar-refractivity contribution in [3.63, 3.8) is 0 Å². The summed E-state index contributed by atoms with van der Waals surface area (Å²) in [4.78, 5) is 10.2. The van der Waals surface area contributed by atoms with Gasteiger partial charge in [0.05, 0.1) is 0 Å². The van der Waals surface area contributed by atoms with E-state index in [9.17, 15) is 31.1 Å². The molecule has 0 aromatic carbocycles. The van der Waals surface area contributed by atoms with E-state index in [2.05, 4.69) is 4.74 Å². The number of ether oxygens (including phenoxy) is 1. The summed E-state index contributed by atoms with van der Waals surface area (Å²) in [7, 11) is 0. The molecule has 0 aromatic heterocycles. The van der Waals surface area contributed by atoms with Gasteiger partial charge in [-0.05, 0) is 6.42 Å². The Balaban J connectivity index is 4.62. The van der Waals surface area contributed by atoms with Gasteiger partial charge in [-0.2, -0.15) is 22.0 Å². The van der Waals surface area contributed by atoms with Crippen molar-refractivity contribution < 1.29 is 35.9 Å². The maximum absolute atomic E-state index is 12.4. The Labute approximate surface area is 80.5 Å². The smallest absolute Gasteiger partial charge is 0.393 e. The lowest BCUT2D eigenvalue weighted by Crippen LogP contribution is -2.35. The molecule has 0 saturated heterocycles. The van der Waals surface area contributed by atoms with Crippen molar-refractivity contribution in [1.29, 1.82) is 0 Å². The first-order valence-electron chi connectivity index (χ1n) is 3.68. The molecule has 2 nitrogen and oxygen atoms in total. The highest BCUT2D eigenvalue weighted by molar-refractivity contribution is 5.86. The van der Waals surface area contributed by atoms with Crippen LogP contribution in [0.1, 0.15) is 13.3 Å². The monoisotopic (exact) mass is 236 g/mol. The van der Waals surface area contributed by atoms with Gasteiger partial charge in [0.2, 0.25) is 6.17 Å². The first-order chi connectivity index (χ1) is 6.72. The van der Waals surface area contributed by atoms with Gasteiger partial charge in [-0.25, -0.2) is 9.18 Å². The van der Waals surface area contributed by atoms with Crippen LogP contribution in [0.4, 0.5) is 26.3 Å². The lowest BCUT2D eigenvalue weighted by atomic mass is 10.3. The molecule has 88 valence electrons. The summed E-state index contributed by atoms with van der Waals surface area (Å²) in [6, 6.07) is 0. The third-order valence-electron chi connectivity index (χ3n) is 1.30. The van der Waals surface area contributed by atoms with Gasteiger partial charge in [0.1, 0.15) is 0 Å². The number of halogens is 6. The molecular weight excluding hydrogens is 230 g/mol. The van der Waals surface area contributed by atoms with Crippen molar-refractivity contribution in [2.24, 2.45) is 0 Å². The van der Waals surface area contributed by atoms with Crippen LogP contribution in [0.15, 0.2) is 11.9 Å². The van der Waals surface area contributed by atoms with E-state index in [1.165, 1.54) is 0 Å². The van der Waals surface area contributed by atoms with Gasteiger partial charge >= 0.3 is 18.2 Å². The van der Waals surface area contributed by atoms with Gasteiger partial charge in [0.25, 0.3) is 5.83 Å². The lowest BCUT2D eigenvalue weighted by Gasteiger charge is -2.18. The SMILES string of the molecule is CCC(F)C(F)(F)OC(=O)C(F)=C(F)F. The largest absolute Gasteiger partial charge is 0.432 e. The number of hydrogen-bond donors (Lipinski definition) is 0. The van der Waals surface area contributed by atoms with E-state index < -0.39 is 36.6 Å². The third kappa shape index (κ3) is 3.80. The van der Waals surface area contributed by atoms with Crippen LogP contribution in [-0.2, 0) is 9.53 Å². The van der Waals surface area contributed by atoms with Gasteiger partial charge < -0.3 is 4.74 Å². The quantitative estimate of drug-likeness (QED) is 0.426. The zero-order chi connectivity index (χ0) is 12.2. The van der Waals surface area contributed by atoms with Crippen LogP contribution in [0.25, 0.3) is 0 Å². The number of esters is 1. The first-order valence-corrected chi connectivity index (χ1v) is 3.68. The number of rotatable bonds is 4. The molecule has 0 radical (unpaired) electrons. The zero-order valence-electron chi connectivity index (χ0n) is 7.37. The molecule has 0 rings (SSSR count). The van der Waals surface area contributed by atoms with Gasteiger partial charge in [-0.3, -0.25) is 0 Å². The molecule has 0 saturated carbocycles. The van der Waals surface area contributed by atoms with Crippen LogP contribution in [0.2, 0.25) is 0 Å². The molecule has 0 heterocycles. The summed E-state index contributed by atoms with van der Waals surface area (Å²) in [5.74, 6) is -5.37. The van der Waals surface area contributed by atoms with E-state index >= 15 is 0 Å². The Morgan fingerprint density at radius 2 is 1.80 bits per heavy atom. The van der Waals surface area contributed by atoms with Gasteiger partial charge in [0.15, 0.2) is 0 Å². The summed E-state index contributed by atoms with van der Waals surface area (Å²) in [6.07, 6.45) is -11.3. The summed E-state index contributed by atoms with van der Waals surface area (Å²) < 4.78 is 75.0. The molecule has 0 aromatic rings. The van der Waals surface area contributed by atoms with Crippen molar-refractivity contribution in [2.45, 2.75) is 25.6 Å². The van der Waals surface area contributed by atoms with Crippen molar-refractivity contribution >= 4 is 5.97 Å². The average molecular weight is 236 g/mol. The Kier molecular flexibility index (Phi) is 4.63. The van der Waals surface area contributed by atoms with Crippen molar-refractivity contribution in [3.8, 4) is 0 Å². The standard InChI is InChI=1S/C7H6F6O2/c1-2-3(8)7(12,13)15-6(14)4(9)5(10)11/h3H,2H2,1H3. The maximum Gasteiger partial charge on any atom is 0.432 e. The molecule has 1 atom stereocenters. The van der Waals surface area contributed by atoms with Crippen LogP contribution in [0, 0.1) is 0 Å².